The number of amides is 1. The fraction of sp³-hybridized carbons (Fsp3) is 0.158. The number of H-pyrrole nitrogens is 1. The molecule has 0 saturated carbocycles. The maximum Gasteiger partial charge on any atom is 0.224 e. The maximum absolute atomic E-state index is 12.1. The Morgan fingerprint density at radius 3 is 2.35 bits per heavy atom. The zero-order chi connectivity index (χ0) is 18.5. The highest BCUT2D eigenvalue weighted by atomic mass is 35.5. The molecule has 3 rings (SSSR count). The largest absolute Gasteiger partial charge is 0.326 e. The van der Waals surface area contributed by atoms with E-state index in [2.05, 4.69) is 20.5 Å². The van der Waals surface area contributed by atoms with Gasteiger partial charge < -0.3 is 5.32 Å². The summed E-state index contributed by atoms with van der Waals surface area (Å²) in [6.45, 7) is 1.83. The van der Waals surface area contributed by atoms with Gasteiger partial charge in [-0.05, 0) is 55.5 Å². The lowest BCUT2D eigenvalue weighted by Crippen LogP contribution is -2.13. The Bertz CT molecular complexity index is 917. The quantitative estimate of drug-likeness (QED) is 0.643. The minimum Gasteiger partial charge on any atom is -0.326 e. The van der Waals surface area contributed by atoms with Gasteiger partial charge in [0, 0.05) is 34.7 Å². The average Bonchev–Trinajstić information content (AvgIpc) is 3.07. The van der Waals surface area contributed by atoms with Crippen LogP contribution in [0.15, 0.2) is 48.5 Å². The number of aryl methyl sites for hydroxylation is 1. The number of Topliss-reactive ketones (excluding diaryl/α,β-unsaturated/α-hetero) is 1. The average molecular weight is 369 g/mol. The second-order valence-electron chi connectivity index (χ2n) is 5.80. The van der Waals surface area contributed by atoms with E-state index in [-0.39, 0.29) is 24.5 Å². The molecule has 7 heteroatoms. The summed E-state index contributed by atoms with van der Waals surface area (Å²) in [4.78, 5) is 28.4. The number of carbonyl (C=O) groups is 2. The van der Waals surface area contributed by atoms with Crippen LogP contribution in [0.25, 0.3) is 11.4 Å². The number of nitrogens with zero attached hydrogens (tertiary/aromatic N) is 2. The van der Waals surface area contributed by atoms with Gasteiger partial charge >= 0.3 is 0 Å². The van der Waals surface area contributed by atoms with Crippen molar-refractivity contribution < 1.29 is 9.59 Å². The van der Waals surface area contributed by atoms with Crippen molar-refractivity contribution in [2.24, 2.45) is 0 Å². The van der Waals surface area contributed by atoms with Crippen LogP contribution in [-0.4, -0.2) is 26.9 Å². The fourth-order valence-corrected chi connectivity index (χ4v) is 2.53. The Hall–Kier alpha value is -2.99. The van der Waals surface area contributed by atoms with Crippen molar-refractivity contribution in [2.75, 3.05) is 5.32 Å². The molecule has 0 atom stereocenters. The van der Waals surface area contributed by atoms with E-state index < -0.39 is 0 Å². The molecule has 1 amide bonds. The highest BCUT2D eigenvalue weighted by Gasteiger charge is 2.10. The van der Waals surface area contributed by atoms with Crippen molar-refractivity contribution in [1.29, 1.82) is 0 Å². The number of hydrogen-bond donors (Lipinski definition) is 2. The number of ketones is 1. The molecule has 1 aromatic heterocycles. The first-order valence-electron chi connectivity index (χ1n) is 8.09. The normalized spacial score (nSPS) is 10.5. The molecule has 0 aliphatic rings. The second-order valence-corrected chi connectivity index (χ2v) is 6.24. The van der Waals surface area contributed by atoms with Crippen LogP contribution in [0.5, 0.6) is 0 Å². The monoisotopic (exact) mass is 368 g/mol. The molecule has 2 N–H and O–H groups in total. The third kappa shape index (κ3) is 4.55. The third-order valence-electron chi connectivity index (χ3n) is 3.77. The number of halogens is 1. The highest BCUT2D eigenvalue weighted by Crippen LogP contribution is 2.18. The van der Waals surface area contributed by atoms with Gasteiger partial charge in [0.1, 0.15) is 5.82 Å². The Kier molecular flexibility index (Phi) is 5.43. The lowest BCUT2D eigenvalue weighted by Gasteiger charge is -2.06. The molecule has 6 nitrogen and oxygen atoms in total. The summed E-state index contributed by atoms with van der Waals surface area (Å²) in [5.41, 5.74) is 2.06. The summed E-state index contributed by atoms with van der Waals surface area (Å²) in [5, 5.41) is 10.2. The minimum absolute atomic E-state index is 0.0906. The molecule has 0 aliphatic heterocycles. The standard InChI is InChI=1S/C19H17ClN4O2/c1-12-21-19(24-23-12)14-4-8-16(9-5-14)22-18(26)11-10-17(25)13-2-6-15(20)7-3-13/h2-9H,10-11H2,1H3,(H,22,26)(H,21,23,24). The molecular weight excluding hydrogens is 352 g/mol. The number of benzene rings is 2. The van der Waals surface area contributed by atoms with Gasteiger partial charge in [0.25, 0.3) is 0 Å². The van der Waals surface area contributed by atoms with E-state index >= 15 is 0 Å². The Balaban J connectivity index is 1.53. The lowest BCUT2D eigenvalue weighted by atomic mass is 10.1. The fourth-order valence-electron chi connectivity index (χ4n) is 2.41. The number of hydrogen-bond acceptors (Lipinski definition) is 4. The Morgan fingerprint density at radius 1 is 1.04 bits per heavy atom. The summed E-state index contributed by atoms with van der Waals surface area (Å²) >= 11 is 5.80. The summed E-state index contributed by atoms with van der Waals surface area (Å²) in [7, 11) is 0. The van der Waals surface area contributed by atoms with Gasteiger partial charge in [-0.1, -0.05) is 11.6 Å². The van der Waals surface area contributed by atoms with Gasteiger partial charge in [0.15, 0.2) is 11.6 Å². The first kappa shape index (κ1) is 17.8. The van der Waals surface area contributed by atoms with E-state index in [1.807, 2.05) is 19.1 Å². The van der Waals surface area contributed by atoms with Crippen LogP contribution < -0.4 is 5.32 Å². The van der Waals surface area contributed by atoms with Gasteiger partial charge in [0.05, 0.1) is 0 Å². The molecule has 0 radical (unpaired) electrons. The number of anilines is 1. The van der Waals surface area contributed by atoms with E-state index in [9.17, 15) is 9.59 Å². The Morgan fingerprint density at radius 2 is 1.73 bits per heavy atom. The molecule has 0 spiro atoms. The minimum atomic E-state index is -0.214. The van der Waals surface area contributed by atoms with Crippen molar-refractivity contribution in [2.45, 2.75) is 19.8 Å². The smallest absolute Gasteiger partial charge is 0.224 e. The first-order valence-corrected chi connectivity index (χ1v) is 8.47. The van der Waals surface area contributed by atoms with Crippen LogP contribution in [0.1, 0.15) is 29.0 Å². The summed E-state index contributed by atoms with van der Waals surface area (Å²) in [5.74, 6) is 1.04. The van der Waals surface area contributed by atoms with Crippen LogP contribution in [0.4, 0.5) is 5.69 Å². The van der Waals surface area contributed by atoms with Crippen LogP contribution in [0.3, 0.4) is 0 Å². The van der Waals surface area contributed by atoms with Crippen molar-refractivity contribution in [3.8, 4) is 11.4 Å². The number of aromatic amines is 1. The Labute approximate surface area is 155 Å². The van der Waals surface area contributed by atoms with Gasteiger partial charge in [-0.2, -0.15) is 5.10 Å². The van der Waals surface area contributed by atoms with Gasteiger partial charge in [-0.3, -0.25) is 14.7 Å². The zero-order valence-electron chi connectivity index (χ0n) is 14.1. The number of rotatable bonds is 6. The molecule has 0 bridgehead atoms. The van der Waals surface area contributed by atoms with Gasteiger partial charge in [0.2, 0.25) is 5.91 Å². The molecule has 132 valence electrons. The van der Waals surface area contributed by atoms with Crippen molar-refractivity contribution in [3.63, 3.8) is 0 Å². The molecule has 0 aliphatic carbocycles. The van der Waals surface area contributed by atoms with Crippen molar-refractivity contribution in [1.82, 2.24) is 15.2 Å². The molecular formula is C19H17ClN4O2. The SMILES string of the molecule is Cc1nc(-c2ccc(NC(=O)CCC(=O)c3ccc(Cl)cc3)cc2)n[nH]1. The molecule has 26 heavy (non-hydrogen) atoms. The number of carbonyl (C=O) groups excluding carboxylic acids is 2. The van der Waals surface area contributed by atoms with Crippen LogP contribution in [0.2, 0.25) is 5.02 Å². The van der Waals surface area contributed by atoms with Crippen molar-refractivity contribution in [3.05, 3.63) is 64.9 Å². The van der Waals surface area contributed by atoms with E-state index in [0.717, 1.165) is 11.4 Å². The summed E-state index contributed by atoms with van der Waals surface area (Å²) in [6, 6.07) is 13.9. The van der Waals surface area contributed by atoms with Gasteiger partial charge in [-0.25, -0.2) is 4.98 Å². The van der Waals surface area contributed by atoms with E-state index in [1.54, 1.807) is 36.4 Å². The first-order chi connectivity index (χ1) is 12.5. The molecule has 0 unspecified atom stereocenters. The lowest BCUT2D eigenvalue weighted by molar-refractivity contribution is -0.116. The van der Waals surface area contributed by atoms with E-state index in [1.165, 1.54) is 0 Å². The predicted octanol–water partition coefficient (Wildman–Crippen LogP) is 4.04. The zero-order valence-corrected chi connectivity index (χ0v) is 14.9. The summed E-state index contributed by atoms with van der Waals surface area (Å²) in [6.07, 6.45) is 0.255. The second kappa shape index (κ2) is 7.93. The third-order valence-corrected chi connectivity index (χ3v) is 4.02. The molecule has 2 aromatic carbocycles. The summed E-state index contributed by atoms with van der Waals surface area (Å²) < 4.78 is 0. The van der Waals surface area contributed by atoms with Crippen LogP contribution >= 0.6 is 11.6 Å². The predicted molar refractivity (Wildman–Crippen MR) is 100 cm³/mol. The molecule has 3 aromatic rings. The molecule has 0 fully saturated rings. The van der Waals surface area contributed by atoms with Crippen LogP contribution in [0, 0.1) is 6.92 Å². The van der Waals surface area contributed by atoms with E-state index in [0.29, 0.717) is 22.1 Å². The van der Waals surface area contributed by atoms with Crippen molar-refractivity contribution >= 4 is 29.0 Å². The number of nitrogens with one attached hydrogen (secondary N) is 2. The molecule has 1 heterocycles. The van der Waals surface area contributed by atoms with E-state index in [4.69, 9.17) is 11.6 Å². The molecule has 0 saturated heterocycles. The number of aromatic nitrogens is 3. The van der Waals surface area contributed by atoms with Crippen LogP contribution in [-0.2, 0) is 4.79 Å². The maximum atomic E-state index is 12.1. The highest BCUT2D eigenvalue weighted by molar-refractivity contribution is 6.30. The van der Waals surface area contributed by atoms with Gasteiger partial charge in [-0.15, -0.1) is 0 Å². The topological polar surface area (TPSA) is 87.7 Å².